The Balaban J connectivity index is 1.85. The van der Waals surface area contributed by atoms with Crippen LogP contribution < -0.4 is 5.32 Å². The van der Waals surface area contributed by atoms with Crippen molar-refractivity contribution in [2.24, 2.45) is 7.05 Å². The predicted molar refractivity (Wildman–Crippen MR) is 105 cm³/mol. The summed E-state index contributed by atoms with van der Waals surface area (Å²) >= 11 is 3.41. The van der Waals surface area contributed by atoms with E-state index in [2.05, 4.69) is 58.3 Å². The van der Waals surface area contributed by atoms with Gasteiger partial charge in [0.25, 0.3) is 5.91 Å². The van der Waals surface area contributed by atoms with E-state index in [0.29, 0.717) is 16.8 Å². The molecule has 25 heavy (non-hydrogen) atoms. The Hall–Kier alpha value is -2.40. The van der Waals surface area contributed by atoms with Gasteiger partial charge in [-0.1, -0.05) is 40.2 Å². The zero-order valence-electron chi connectivity index (χ0n) is 14.5. The number of imidazole rings is 1. The number of hydrogen-bond acceptors (Lipinski definition) is 2. The average molecular weight is 398 g/mol. The third kappa shape index (κ3) is 3.66. The van der Waals surface area contributed by atoms with E-state index in [4.69, 9.17) is 0 Å². The van der Waals surface area contributed by atoms with Crippen LogP contribution in [0.4, 0.5) is 5.95 Å². The fraction of sp³-hybridized carbons (Fsp3) is 0.200. The number of nitrogens with one attached hydrogen (secondary N) is 1. The van der Waals surface area contributed by atoms with E-state index in [0.717, 1.165) is 16.8 Å². The molecule has 1 heterocycles. The average Bonchev–Trinajstić information content (AvgIpc) is 2.98. The van der Waals surface area contributed by atoms with Gasteiger partial charge in [-0.05, 0) is 48.7 Å². The Bertz CT molecular complexity index is 930. The lowest BCUT2D eigenvalue weighted by Gasteiger charge is -2.09. The molecule has 0 fully saturated rings. The van der Waals surface area contributed by atoms with Crippen molar-refractivity contribution >= 4 is 27.8 Å². The van der Waals surface area contributed by atoms with Gasteiger partial charge in [0, 0.05) is 23.5 Å². The highest BCUT2D eigenvalue weighted by atomic mass is 79.9. The minimum atomic E-state index is -0.164. The fourth-order valence-electron chi connectivity index (χ4n) is 2.66. The van der Waals surface area contributed by atoms with Crippen LogP contribution in [0.3, 0.4) is 0 Å². The van der Waals surface area contributed by atoms with Gasteiger partial charge >= 0.3 is 0 Å². The minimum absolute atomic E-state index is 0.164. The van der Waals surface area contributed by atoms with E-state index in [1.165, 1.54) is 11.1 Å². The molecule has 1 aromatic heterocycles. The molecule has 3 aromatic rings. The summed E-state index contributed by atoms with van der Waals surface area (Å²) in [5.41, 5.74) is 6.21. The SMILES string of the molecule is Cc1ccc(-c2cnc(NC(=O)c3cccc(CBr)c3)n2C)cc1C. The molecule has 5 heteroatoms. The molecule has 4 nitrogen and oxygen atoms in total. The highest BCUT2D eigenvalue weighted by Crippen LogP contribution is 2.24. The van der Waals surface area contributed by atoms with Crippen LogP contribution in [0.2, 0.25) is 0 Å². The van der Waals surface area contributed by atoms with Crippen LogP contribution in [-0.2, 0) is 12.4 Å². The molecule has 0 saturated carbocycles. The summed E-state index contributed by atoms with van der Waals surface area (Å²) in [5, 5.41) is 3.61. The first-order chi connectivity index (χ1) is 12.0. The number of benzene rings is 2. The summed E-state index contributed by atoms with van der Waals surface area (Å²) in [6.07, 6.45) is 1.79. The molecule has 0 bridgehead atoms. The van der Waals surface area contributed by atoms with Crippen molar-refractivity contribution < 1.29 is 4.79 Å². The summed E-state index contributed by atoms with van der Waals surface area (Å²) in [6.45, 7) is 4.18. The lowest BCUT2D eigenvalue weighted by molar-refractivity contribution is 0.102. The standard InChI is InChI=1S/C20H20BrN3O/c1-13-7-8-16(9-14(13)2)18-12-22-20(24(18)3)23-19(25)17-6-4-5-15(10-17)11-21/h4-10,12H,11H2,1-3H3,(H,22,23,25). The molecular weight excluding hydrogens is 378 g/mol. The Morgan fingerprint density at radius 3 is 2.68 bits per heavy atom. The number of hydrogen-bond donors (Lipinski definition) is 1. The number of carbonyl (C=O) groups excluding carboxylic acids is 1. The topological polar surface area (TPSA) is 46.9 Å². The molecule has 0 saturated heterocycles. The number of rotatable bonds is 4. The molecule has 0 radical (unpaired) electrons. The maximum atomic E-state index is 12.5. The molecule has 0 aliphatic carbocycles. The third-order valence-corrected chi connectivity index (χ3v) is 5.01. The number of amides is 1. The second-order valence-corrected chi connectivity index (χ2v) is 6.67. The normalized spacial score (nSPS) is 10.7. The number of carbonyl (C=O) groups is 1. The maximum absolute atomic E-state index is 12.5. The smallest absolute Gasteiger partial charge is 0.257 e. The molecule has 1 N–H and O–H groups in total. The van der Waals surface area contributed by atoms with Crippen molar-refractivity contribution in [3.05, 3.63) is 70.9 Å². The van der Waals surface area contributed by atoms with Crippen LogP contribution in [0.15, 0.2) is 48.7 Å². The van der Waals surface area contributed by atoms with E-state index in [1.54, 1.807) is 12.3 Å². The maximum Gasteiger partial charge on any atom is 0.257 e. The molecule has 0 aliphatic heterocycles. The summed E-state index contributed by atoms with van der Waals surface area (Å²) in [5.74, 6) is 0.366. The molecule has 0 aliphatic rings. The first-order valence-electron chi connectivity index (χ1n) is 8.05. The largest absolute Gasteiger partial charge is 0.313 e. The lowest BCUT2D eigenvalue weighted by atomic mass is 10.0. The van der Waals surface area contributed by atoms with Gasteiger partial charge in [-0.2, -0.15) is 0 Å². The van der Waals surface area contributed by atoms with Crippen LogP contribution in [-0.4, -0.2) is 15.5 Å². The second kappa shape index (κ2) is 7.23. The van der Waals surface area contributed by atoms with Crippen molar-refractivity contribution in [2.45, 2.75) is 19.2 Å². The Kier molecular flexibility index (Phi) is 5.04. The lowest BCUT2D eigenvalue weighted by Crippen LogP contribution is -2.15. The van der Waals surface area contributed by atoms with Gasteiger partial charge in [0.1, 0.15) is 0 Å². The summed E-state index contributed by atoms with van der Waals surface area (Å²) in [4.78, 5) is 16.9. The Morgan fingerprint density at radius 2 is 1.96 bits per heavy atom. The van der Waals surface area contributed by atoms with Crippen molar-refractivity contribution in [3.63, 3.8) is 0 Å². The first kappa shape index (κ1) is 17.4. The van der Waals surface area contributed by atoms with E-state index in [-0.39, 0.29) is 5.91 Å². The molecular formula is C20H20BrN3O. The van der Waals surface area contributed by atoms with Crippen LogP contribution in [0, 0.1) is 13.8 Å². The number of anilines is 1. The fourth-order valence-corrected chi connectivity index (χ4v) is 3.01. The predicted octanol–water partition coefficient (Wildman–Crippen LogP) is 4.85. The van der Waals surface area contributed by atoms with Crippen LogP contribution >= 0.6 is 15.9 Å². The quantitative estimate of drug-likeness (QED) is 0.639. The van der Waals surface area contributed by atoms with Crippen LogP contribution in [0.25, 0.3) is 11.3 Å². The van der Waals surface area contributed by atoms with Gasteiger partial charge in [-0.15, -0.1) is 0 Å². The first-order valence-corrected chi connectivity index (χ1v) is 9.17. The summed E-state index contributed by atoms with van der Waals surface area (Å²) in [6, 6.07) is 13.8. The summed E-state index contributed by atoms with van der Waals surface area (Å²) < 4.78 is 1.90. The second-order valence-electron chi connectivity index (χ2n) is 6.11. The van der Waals surface area contributed by atoms with Gasteiger partial charge in [-0.25, -0.2) is 4.98 Å². The molecule has 128 valence electrons. The number of halogens is 1. The van der Waals surface area contributed by atoms with E-state index in [1.807, 2.05) is 29.8 Å². The van der Waals surface area contributed by atoms with E-state index in [9.17, 15) is 4.79 Å². The van der Waals surface area contributed by atoms with Crippen molar-refractivity contribution in [2.75, 3.05) is 5.32 Å². The van der Waals surface area contributed by atoms with Gasteiger partial charge in [0.05, 0.1) is 11.9 Å². The Morgan fingerprint density at radius 1 is 1.16 bits per heavy atom. The number of aryl methyl sites for hydroxylation is 2. The highest BCUT2D eigenvalue weighted by molar-refractivity contribution is 9.08. The highest BCUT2D eigenvalue weighted by Gasteiger charge is 2.13. The molecule has 3 rings (SSSR count). The van der Waals surface area contributed by atoms with Crippen molar-refractivity contribution in [1.29, 1.82) is 0 Å². The molecule has 0 unspecified atom stereocenters. The van der Waals surface area contributed by atoms with Crippen LogP contribution in [0.1, 0.15) is 27.0 Å². The molecule has 2 aromatic carbocycles. The third-order valence-electron chi connectivity index (χ3n) is 4.36. The number of alkyl halides is 1. The van der Waals surface area contributed by atoms with Gasteiger partial charge in [0.15, 0.2) is 0 Å². The van der Waals surface area contributed by atoms with E-state index >= 15 is 0 Å². The van der Waals surface area contributed by atoms with Crippen molar-refractivity contribution in [3.8, 4) is 11.3 Å². The van der Waals surface area contributed by atoms with Gasteiger partial charge in [-0.3, -0.25) is 10.1 Å². The monoisotopic (exact) mass is 397 g/mol. The molecule has 1 amide bonds. The number of aromatic nitrogens is 2. The summed E-state index contributed by atoms with van der Waals surface area (Å²) in [7, 11) is 1.90. The molecule has 0 atom stereocenters. The van der Waals surface area contributed by atoms with E-state index < -0.39 is 0 Å². The van der Waals surface area contributed by atoms with Crippen LogP contribution in [0.5, 0.6) is 0 Å². The minimum Gasteiger partial charge on any atom is -0.313 e. The van der Waals surface area contributed by atoms with Gasteiger partial charge in [0.2, 0.25) is 5.95 Å². The molecule has 0 spiro atoms. The Labute approximate surface area is 156 Å². The zero-order chi connectivity index (χ0) is 18.0. The van der Waals surface area contributed by atoms with Gasteiger partial charge < -0.3 is 4.57 Å². The zero-order valence-corrected chi connectivity index (χ0v) is 16.1. The van der Waals surface area contributed by atoms with Crippen molar-refractivity contribution in [1.82, 2.24) is 9.55 Å². The number of nitrogens with zero attached hydrogens (tertiary/aromatic N) is 2.